The van der Waals surface area contributed by atoms with Crippen molar-refractivity contribution in [3.8, 4) is 17.0 Å². The van der Waals surface area contributed by atoms with Gasteiger partial charge in [-0.3, -0.25) is 0 Å². The van der Waals surface area contributed by atoms with Gasteiger partial charge in [0.1, 0.15) is 17.8 Å². The normalized spacial score (nSPS) is 10.4. The number of halogens is 2. The highest BCUT2D eigenvalue weighted by atomic mass is 35.5. The first-order valence-electron chi connectivity index (χ1n) is 4.94. The quantitative estimate of drug-likeness (QED) is 0.770. The summed E-state index contributed by atoms with van der Waals surface area (Å²) in [6, 6.07) is 4.45. The van der Waals surface area contributed by atoms with Crippen molar-refractivity contribution in [3.63, 3.8) is 0 Å². The molecule has 1 heterocycles. The third-order valence-corrected chi connectivity index (χ3v) is 2.68. The van der Waals surface area contributed by atoms with E-state index in [1.54, 1.807) is 13.0 Å². The van der Waals surface area contributed by atoms with Gasteiger partial charge in [-0.1, -0.05) is 11.6 Å². The fraction of sp³-hybridized carbons (Fsp3) is 0.167. The van der Waals surface area contributed by atoms with E-state index in [1.807, 2.05) is 0 Å². The molecule has 0 radical (unpaired) electrons. The van der Waals surface area contributed by atoms with Crippen LogP contribution in [0.25, 0.3) is 11.3 Å². The first-order valence-corrected chi connectivity index (χ1v) is 5.32. The predicted molar refractivity (Wildman–Crippen MR) is 63.7 cm³/mol. The number of nitrogens with zero attached hydrogens (tertiary/aromatic N) is 2. The molecule has 0 atom stereocenters. The Kier molecular flexibility index (Phi) is 3.24. The summed E-state index contributed by atoms with van der Waals surface area (Å²) < 4.78 is 18.2. The molecule has 0 saturated heterocycles. The standard InChI is InChI=1S/C12H10ClFN2O/c1-7-5-8(14)3-4-9(7)10-11(17-2)12(13)16-6-15-10/h3-6H,1-2H3. The third kappa shape index (κ3) is 2.22. The van der Waals surface area contributed by atoms with Gasteiger partial charge in [-0.25, -0.2) is 14.4 Å². The predicted octanol–water partition coefficient (Wildman–Crippen LogP) is 3.25. The molecule has 17 heavy (non-hydrogen) atoms. The van der Waals surface area contributed by atoms with Crippen LogP contribution >= 0.6 is 11.6 Å². The van der Waals surface area contributed by atoms with Gasteiger partial charge in [-0.2, -0.15) is 0 Å². The SMILES string of the molecule is COc1c(Cl)ncnc1-c1ccc(F)cc1C. The number of hydrogen-bond donors (Lipinski definition) is 0. The van der Waals surface area contributed by atoms with E-state index in [0.717, 1.165) is 11.1 Å². The van der Waals surface area contributed by atoms with E-state index in [2.05, 4.69) is 9.97 Å². The van der Waals surface area contributed by atoms with Gasteiger partial charge >= 0.3 is 0 Å². The van der Waals surface area contributed by atoms with Crippen molar-refractivity contribution in [1.29, 1.82) is 0 Å². The number of hydrogen-bond acceptors (Lipinski definition) is 3. The first-order chi connectivity index (χ1) is 8.13. The third-order valence-electron chi connectivity index (χ3n) is 2.41. The summed E-state index contributed by atoms with van der Waals surface area (Å²) in [5.74, 6) is 0.106. The second kappa shape index (κ2) is 4.67. The van der Waals surface area contributed by atoms with Crippen molar-refractivity contribution in [2.24, 2.45) is 0 Å². The maximum atomic E-state index is 13.0. The second-order valence-electron chi connectivity index (χ2n) is 3.51. The summed E-state index contributed by atoms with van der Waals surface area (Å²) in [4.78, 5) is 7.97. The number of benzene rings is 1. The van der Waals surface area contributed by atoms with Crippen LogP contribution < -0.4 is 4.74 Å². The minimum absolute atomic E-state index is 0.237. The van der Waals surface area contributed by atoms with Gasteiger partial charge in [-0.05, 0) is 30.7 Å². The van der Waals surface area contributed by atoms with E-state index in [0.29, 0.717) is 11.4 Å². The minimum Gasteiger partial charge on any atom is -0.491 e. The summed E-state index contributed by atoms with van der Waals surface area (Å²) in [5, 5.41) is 0.237. The number of ether oxygens (including phenoxy) is 1. The molecule has 2 aromatic rings. The zero-order valence-corrected chi connectivity index (χ0v) is 10.1. The van der Waals surface area contributed by atoms with Crippen LogP contribution in [0.15, 0.2) is 24.5 Å². The van der Waals surface area contributed by atoms with Crippen LogP contribution in [0.1, 0.15) is 5.56 Å². The molecule has 0 fully saturated rings. The number of aryl methyl sites for hydroxylation is 1. The van der Waals surface area contributed by atoms with Crippen LogP contribution in [0, 0.1) is 12.7 Å². The molecule has 2 rings (SSSR count). The van der Waals surface area contributed by atoms with E-state index in [9.17, 15) is 4.39 Å². The van der Waals surface area contributed by atoms with Crippen molar-refractivity contribution < 1.29 is 9.13 Å². The van der Waals surface area contributed by atoms with Crippen molar-refractivity contribution in [2.45, 2.75) is 6.92 Å². The van der Waals surface area contributed by atoms with Gasteiger partial charge in [0.2, 0.25) is 0 Å². The van der Waals surface area contributed by atoms with Crippen molar-refractivity contribution >= 4 is 11.6 Å². The second-order valence-corrected chi connectivity index (χ2v) is 3.86. The topological polar surface area (TPSA) is 35.0 Å². The molecule has 0 N–H and O–H groups in total. The summed E-state index contributed by atoms with van der Waals surface area (Å²) in [6.45, 7) is 1.80. The molecule has 0 saturated carbocycles. The number of aromatic nitrogens is 2. The molecule has 0 aliphatic rings. The van der Waals surface area contributed by atoms with Gasteiger partial charge in [0.05, 0.1) is 7.11 Å². The average Bonchev–Trinajstić information content (AvgIpc) is 2.29. The molecular formula is C12H10ClFN2O. The smallest absolute Gasteiger partial charge is 0.182 e. The number of rotatable bonds is 2. The lowest BCUT2D eigenvalue weighted by Crippen LogP contribution is -1.96. The van der Waals surface area contributed by atoms with Crippen LogP contribution in [-0.2, 0) is 0 Å². The lowest BCUT2D eigenvalue weighted by molar-refractivity contribution is 0.413. The molecule has 88 valence electrons. The number of methoxy groups -OCH3 is 1. The molecule has 0 aliphatic carbocycles. The van der Waals surface area contributed by atoms with Crippen molar-refractivity contribution in [3.05, 3.63) is 41.1 Å². The summed E-state index contributed by atoms with van der Waals surface area (Å²) in [7, 11) is 1.49. The van der Waals surface area contributed by atoms with Gasteiger partial charge in [0.25, 0.3) is 0 Å². The molecular weight excluding hydrogens is 243 g/mol. The highest BCUT2D eigenvalue weighted by Gasteiger charge is 2.14. The average molecular weight is 253 g/mol. The Labute approximate surface area is 103 Å². The van der Waals surface area contributed by atoms with Crippen LogP contribution in [0.4, 0.5) is 4.39 Å². The van der Waals surface area contributed by atoms with Crippen LogP contribution in [-0.4, -0.2) is 17.1 Å². The molecule has 0 spiro atoms. The Morgan fingerprint density at radius 1 is 1.29 bits per heavy atom. The summed E-state index contributed by atoms with van der Waals surface area (Å²) >= 11 is 5.91. The van der Waals surface area contributed by atoms with Gasteiger partial charge in [-0.15, -0.1) is 0 Å². The molecule has 0 aliphatic heterocycles. The highest BCUT2D eigenvalue weighted by molar-refractivity contribution is 6.31. The van der Waals surface area contributed by atoms with E-state index in [-0.39, 0.29) is 11.0 Å². The molecule has 0 unspecified atom stereocenters. The molecule has 1 aromatic heterocycles. The zero-order chi connectivity index (χ0) is 12.4. The monoisotopic (exact) mass is 252 g/mol. The maximum absolute atomic E-state index is 13.0. The maximum Gasteiger partial charge on any atom is 0.182 e. The van der Waals surface area contributed by atoms with E-state index >= 15 is 0 Å². The molecule has 1 aromatic carbocycles. The van der Waals surface area contributed by atoms with E-state index in [1.165, 1.54) is 25.6 Å². The molecule has 3 nitrogen and oxygen atoms in total. The largest absolute Gasteiger partial charge is 0.491 e. The van der Waals surface area contributed by atoms with Crippen molar-refractivity contribution in [1.82, 2.24) is 9.97 Å². The Bertz CT molecular complexity index is 560. The van der Waals surface area contributed by atoms with E-state index in [4.69, 9.17) is 16.3 Å². The van der Waals surface area contributed by atoms with E-state index < -0.39 is 0 Å². The summed E-state index contributed by atoms with van der Waals surface area (Å²) in [5.41, 5.74) is 2.09. The Balaban J connectivity index is 2.64. The van der Waals surface area contributed by atoms with Gasteiger partial charge in [0, 0.05) is 5.56 Å². The first kappa shape index (κ1) is 11.8. The van der Waals surface area contributed by atoms with Crippen LogP contribution in [0.5, 0.6) is 5.75 Å². The van der Waals surface area contributed by atoms with Gasteiger partial charge < -0.3 is 4.74 Å². The molecule has 5 heteroatoms. The highest BCUT2D eigenvalue weighted by Crippen LogP contribution is 2.34. The minimum atomic E-state index is -0.287. The van der Waals surface area contributed by atoms with Gasteiger partial charge in [0.15, 0.2) is 10.9 Å². The van der Waals surface area contributed by atoms with Crippen LogP contribution in [0.2, 0.25) is 5.15 Å². The zero-order valence-electron chi connectivity index (χ0n) is 9.37. The lowest BCUT2D eigenvalue weighted by Gasteiger charge is -2.10. The van der Waals surface area contributed by atoms with Crippen LogP contribution in [0.3, 0.4) is 0 Å². The fourth-order valence-electron chi connectivity index (χ4n) is 1.62. The molecule has 0 amide bonds. The van der Waals surface area contributed by atoms with Crippen molar-refractivity contribution in [2.75, 3.05) is 7.11 Å². The Morgan fingerprint density at radius 3 is 2.71 bits per heavy atom. The Hall–Kier alpha value is -1.68. The summed E-state index contributed by atoms with van der Waals surface area (Å²) in [6.07, 6.45) is 1.35. The fourth-order valence-corrected chi connectivity index (χ4v) is 1.83. The lowest BCUT2D eigenvalue weighted by atomic mass is 10.0. The Morgan fingerprint density at radius 2 is 2.06 bits per heavy atom. The molecule has 0 bridgehead atoms.